The van der Waals surface area contributed by atoms with E-state index in [-0.39, 0.29) is 0 Å². The van der Waals surface area contributed by atoms with Crippen LogP contribution in [0, 0.1) is 5.92 Å². The first-order valence-electron chi connectivity index (χ1n) is 5.22. The Kier molecular flexibility index (Phi) is 3.16. The van der Waals surface area contributed by atoms with Crippen LogP contribution in [0.25, 0.3) is 0 Å². The molecule has 3 atom stereocenters. The van der Waals surface area contributed by atoms with Crippen LogP contribution in [0.5, 0.6) is 0 Å². The molecular formula is C10H19NS2. The third kappa shape index (κ3) is 1.88. The van der Waals surface area contributed by atoms with Gasteiger partial charge in [0.25, 0.3) is 0 Å². The van der Waals surface area contributed by atoms with Gasteiger partial charge in [0.1, 0.15) is 0 Å². The van der Waals surface area contributed by atoms with Gasteiger partial charge in [-0.2, -0.15) is 23.5 Å². The summed E-state index contributed by atoms with van der Waals surface area (Å²) < 4.78 is 0.643. The van der Waals surface area contributed by atoms with Crippen LogP contribution in [-0.2, 0) is 0 Å². The van der Waals surface area contributed by atoms with Gasteiger partial charge in [-0.05, 0) is 43.2 Å². The lowest BCUT2D eigenvalue weighted by molar-refractivity contribution is 0.443. The van der Waals surface area contributed by atoms with Crippen molar-refractivity contribution in [3.05, 3.63) is 0 Å². The molecule has 2 N–H and O–H groups in total. The topological polar surface area (TPSA) is 26.0 Å². The van der Waals surface area contributed by atoms with Gasteiger partial charge in [0, 0.05) is 10.00 Å². The second-order valence-corrected chi connectivity index (χ2v) is 7.17. The zero-order chi connectivity index (χ0) is 9.31. The highest BCUT2D eigenvalue weighted by molar-refractivity contribution is 8.05. The third-order valence-corrected chi connectivity index (χ3v) is 6.93. The van der Waals surface area contributed by atoms with Gasteiger partial charge in [0.15, 0.2) is 0 Å². The molecule has 1 spiro atoms. The lowest BCUT2D eigenvalue weighted by Gasteiger charge is -2.26. The van der Waals surface area contributed by atoms with Crippen LogP contribution in [0.1, 0.15) is 26.2 Å². The van der Waals surface area contributed by atoms with Crippen LogP contribution >= 0.6 is 23.5 Å². The van der Waals surface area contributed by atoms with Gasteiger partial charge in [-0.15, -0.1) is 0 Å². The molecule has 2 heterocycles. The summed E-state index contributed by atoms with van der Waals surface area (Å²) in [6.07, 6.45) is 4.11. The first-order valence-corrected chi connectivity index (χ1v) is 7.26. The number of nitrogens with two attached hydrogens (primary N) is 1. The molecule has 0 saturated carbocycles. The van der Waals surface area contributed by atoms with Crippen LogP contribution < -0.4 is 5.73 Å². The Morgan fingerprint density at radius 2 is 2.38 bits per heavy atom. The molecule has 3 heteroatoms. The molecule has 0 bridgehead atoms. The van der Waals surface area contributed by atoms with E-state index in [4.69, 9.17) is 5.73 Å². The maximum absolute atomic E-state index is 5.62. The van der Waals surface area contributed by atoms with E-state index in [1.807, 2.05) is 0 Å². The second kappa shape index (κ2) is 4.03. The molecule has 0 radical (unpaired) electrons. The quantitative estimate of drug-likeness (QED) is 0.769. The fraction of sp³-hybridized carbons (Fsp3) is 1.00. The SMILES string of the molecule is CC1SCCC12CC(CCN)CS2. The Hall–Kier alpha value is 0.660. The Labute approximate surface area is 89.6 Å². The summed E-state index contributed by atoms with van der Waals surface area (Å²) in [4.78, 5) is 0. The number of rotatable bonds is 2. The summed E-state index contributed by atoms with van der Waals surface area (Å²) in [7, 11) is 0. The molecule has 1 nitrogen and oxygen atoms in total. The molecule has 76 valence electrons. The zero-order valence-corrected chi connectivity index (χ0v) is 9.92. The van der Waals surface area contributed by atoms with Gasteiger partial charge in [-0.3, -0.25) is 0 Å². The average molecular weight is 217 g/mol. The van der Waals surface area contributed by atoms with E-state index in [1.54, 1.807) is 0 Å². The van der Waals surface area contributed by atoms with Crippen molar-refractivity contribution in [1.29, 1.82) is 0 Å². The fourth-order valence-electron chi connectivity index (χ4n) is 2.53. The second-order valence-electron chi connectivity index (χ2n) is 4.29. The van der Waals surface area contributed by atoms with E-state index in [0.29, 0.717) is 4.75 Å². The molecule has 2 fully saturated rings. The molecule has 0 aliphatic carbocycles. The van der Waals surface area contributed by atoms with Gasteiger partial charge < -0.3 is 5.73 Å². The van der Waals surface area contributed by atoms with Gasteiger partial charge in [0.2, 0.25) is 0 Å². The van der Waals surface area contributed by atoms with E-state index >= 15 is 0 Å². The highest BCUT2D eigenvalue weighted by Crippen LogP contribution is 2.54. The number of hydrogen-bond acceptors (Lipinski definition) is 3. The third-order valence-electron chi connectivity index (χ3n) is 3.45. The maximum Gasteiger partial charge on any atom is 0.0286 e. The van der Waals surface area contributed by atoms with Gasteiger partial charge >= 0.3 is 0 Å². The highest BCUT2D eigenvalue weighted by atomic mass is 32.2. The van der Waals surface area contributed by atoms with E-state index in [0.717, 1.165) is 17.7 Å². The average Bonchev–Trinajstić information content (AvgIpc) is 2.64. The van der Waals surface area contributed by atoms with Crippen LogP contribution in [0.2, 0.25) is 0 Å². The largest absolute Gasteiger partial charge is 0.330 e. The molecule has 2 aliphatic heterocycles. The van der Waals surface area contributed by atoms with E-state index in [2.05, 4.69) is 30.4 Å². The fourth-order valence-corrected chi connectivity index (χ4v) is 6.11. The van der Waals surface area contributed by atoms with E-state index in [1.165, 1.54) is 30.8 Å². The van der Waals surface area contributed by atoms with Crippen LogP contribution in [0.15, 0.2) is 0 Å². The molecule has 0 aromatic heterocycles. The molecule has 2 rings (SSSR count). The Balaban J connectivity index is 1.95. The van der Waals surface area contributed by atoms with Gasteiger partial charge in [-0.25, -0.2) is 0 Å². The minimum absolute atomic E-state index is 0.643. The smallest absolute Gasteiger partial charge is 0.0286 e. The summed E-state index contributed by atoms with van der Waals surface area (Å²) in [5, 5.41) is 0.875. The standard InChI is InChI=1S/C10H19NS2/c1-8-10(3-5-12-8)6-9(2-4-11)7-13-10/h8-9H,2-7,11H2,1H3. The summed E-state index contributed by atoms with van der Waals surface area (Å²) >= 11 is 4.39. The first kappa shape index (κ1) is 10.2. The normalized spacial score (nSPS) is 44.8. The zero-order valence-electron chi connectivity index (χ0n) is 8.29. The predicted octanol–water partition coefficient (Wildman–Crippen LogP) is 2.35. The summed E-state index contributed by atoms with van der Waals surface area (Å²) in [5.74, 6) is 3.65. The molecule has 0 aromatic rings. The Morgan fingerprint density at radius 1 is 1.54 bits per heavy atom. The van der Waals surface area contributed by atoms with Gasteiger partial charge in [0.05, 0.1) is 0 Å². The van der Waals surface area contributed by atoms with Crippen molar-refractivity contribution >= 4 is 23.5 Å². The molecular weight excluding hydrogens is 198 g/mol. The van der Waals surface area contributed by atoms with Crippen molar-refractivity contribution in [2.75, 3.05) is 18.1 Å². The molecule has 3 unspecified atom stereocenters. The molecule has 0 aromatic carbocycles. The summed E-state index contributed by atoms with van der Waals surface area (Å²) in [5.41, 5.74) is 5.62. The van der Waals surface area contributed by atoms with Crippen molar-refractivity contribution in [1.82, 2.24) is 0 Å². The Bertz CT molecular complexity index is 186. The van der Waals surface area contributed by atoms with Crippen molar-refractivity contribution in [2.45, 2.75) is 36.2 Å². The van der Waals surface area contributed by atoms with E-state index in [9.17, 15) is 0 Å². The van der Waals surface area contributed by atoms with Crippen molar-refractivity contribution in [2.24, 2.45) is 11.7 Å². The summed E-state index contributed by atoms with van der Waals surface area (Å²) in [6, 6.07) is 0. The first-order chi connectivity index (χ1) is 6.27. The lowest BCUT2D eigenvalue weighted by atomic mass is 9.89. The Morgan fingerprint density at radius 3 is 3.00 bits per heavy atom. The molecule has 13 heavy (non-hydrogen) atoms. The molecule has 0 amide bonds. The monoisotopic (exact) mass is 217 g/mol. The van der Waals surface area contributed by atoms with E-state index < -0.39 is 0 Å². The lowest BCUT2D eigenvalue weighted by Crippen LogP contribution is -2.28. The number of thioether (sulfide) groups is 2. The minimum Gasteiger partial charge on any atom is -0.330 e. The predicted molar refractivity (Wildman–Crippen MR) is 63.5 cm³/mol. The highest BCUT2D eigenvalue weighted by Gasteiger charge is 2.46. The molecule has 2 aliphatic rings. The molecule has 2 saturated heterocycles. The van der Waals surface area contributed by atoms with Gasteiger partial charge in [-0.1, -0.05) is 6.92 Å². The summed E-state index contributed by atoms with van der Waals surface area (Å²) in [6.45, 7) is 3.29. The minimum atomic E-state index is 0.643. The van der Waals surface area contributed by atoms with Crippen LogP contribution in [0.3, 0.4) is 0 Å². The van der Waals surface area contributed by atoms with Crippen LogP contribution in [0.4, 0.5) is 0 Å². The maximum atomic E-state index is 5.62. The van der Waals surface area contributed by atoms with Crippen molar-refractivity contribution in [3.63, 3.8) is 0 Å². The van der Waals surface area contributed by atoms with Crippen LogP contribution in [-0.4, -0.2) is 28.0 Å². The van der Waals surface area contributed by atoms with Crippen molar-refractivity contribution in [3.8, 4) is 0 Å². The van der Waals surface area contributed by atoms with Crippen molar-refractivity contribution < 1.29 is 0 Å². The number of hydrogen-bond donors (Lipinski definition) is 1.